The maximum Gasteiger partial charge on any atom is 0.416 e. The maximum absolute atomic E-state index is 12.9. The zero-order valence-electron chi connectivity index (χ0n) is 15.8. The number of hydrogen-bond donors (Lipinski definition) is 1. The molecule has 1 amide bonds. The first-order valence-electron chi connectivity index (χ1n) is 9.40. The molecular formula is C22H18F3N3O2. The molecule has 1 unspecified atom stereocenters. The van der Waals surface area contributed by atoms with Crippen molar-refractivity contribution in [1.82, 2.24) is 10.3 Å². The van der Waals surface area contributed by atoms with Crippen LogP contribution in [0.1, 0.15) is 28.0 Å². The molecule has 8 heteroatoms. The van der Waals surface area contributed by atoms with Crippen molar-refractivity contribution < 1.29 is 22.8 Å². The van der Waals surface area contributed by atoms with E-state index < -0.39 is 11.7 Å². The number of hydrogen-bond acceptors (Lipinski definition) is 4. The molecule has 0 saturated carbocycles. The molecule has 2 heterocycles. The summed E-state index contributed by atoms with van der Waals surface area (Å²) in [6.45, 7) is 0.183. The topological polar surface area (TPSA) is 63.6 Å². The molecule has 30 heavy (non-hydrogen) atoms. The average Bonchev–Trinajstić information content (AvgIpc) is 3.18. The standard InChI is InChI=1S/C22H18F3N3O2/c23-22(24,25)16-6-3-4-14(10-16)11-18-12-17(28-30-18)13-27-21(29)20-19-7-2-1-5-15(19)8-9-26-20/h1-10,18H,11-13H2,(H,27,29). The lowest BCUT2D eigenvalue weighted by atomic mass is 10.0. The third-order valence-corrected chi connectivity index (χ3v) is 4.85. The first-order valence-corrected chi connectivity index (χ1v) is 9.40. The number of pyridine rings is 1. The Morgan fingerprint density at radius 3 is 2.80 bits per heavy atom. The van der Waals surface area contributed by atoms with E-state index in [1.165, 1.54) is 6.07 Å². The fourth-order valence-corrected chi connectivity index (χ4v) is 3.40. The zero-order valence-corrected chi connectivity index (χ0v) is 15.8. The van der Waals surface area contributed by atoms with Gasteiger partial charge in [0.2, 0.25) is 0 Å². The summed E-state index contributed by atoms with van der Waals surface area (Å²) < 4.78 is 38.6. The van der Waals surface area contributed by atoms with E-state index in [1.54, 1.807) is 12.3 Å². The van der Waals surface area contributed by atoms with E-state index in [9.17, 15) is 18.0 Å². The lowest BCUT2D eigenvalue weighted by Crippen LogP contribution is -2.30. The Morgan fingerprint density at radius 1 is 1.13 bits per heavy atom. The van der Waals surface area contributed by atoms with Crippen LogP contribution in [0.4, 0.5) is 13.2 Å². The molecule has 0 bridgehead atoms. The van der Waals surface area contributed by atoms with Crippen molar-refractivity contribution in [2.45, 2.75) is 25.1 Å². The summed E-state index contributed by atoms with van der Waals surface area (Å²) in [4.78, 5) is 22.1. The fraction of sp³-hybridized carbons (Fsp3) is 0.227. The van der Waals surface area contributed by atoms with Gasteiger partial charge in [-0.2, -0.15) is 13.2 Å². The second kappa shape index (κ2) is 8.14. The van der Waals surface area contributed by atoms with Gasteiger partial charge in [-0.25, -0.2) is 0 Å². The van der Waals surface area contributed by atoms with Crippen LogP contribution in [0.2, 0.25) is 0 Å². The summed E-state index contributed by atoms with van der Waals surface area (Å²) in [7, 11) is 0. The van der Waals surface area contributed by atoms with Gasteiger partial charge in [0.05, 0.1) is 17.8 Å². The SMILES string of the molecule is O=C(NCC1=NOC(Cc2cccc(C(F)(F)F)c2)C1)c1nccc2ccccc12. The van der Waals surface area contributed by atoms with Crippen LogP contribution in [0.15, 0.2) is 65.9 Å². The van der Waals surface area contributed by atoms with Gasteiger partial charge < -0.3 is 10.2 Å². The van der Waals surface area contributed by atoms with Crippen molar-refractivity contribution in [2.75, 3.05) is 6.54 Å². The number of aromatic nitrogens is 1. The van der Waals surface area contributed by atoms with Gasteiger partial charge in [-0.15, -0.1) is 0 Å². The predicted molar refractivity (Wildman–Crippen MR) is 106 cm³/mol. The highest BCUT2D eigenvalue weighted by molar-refractivity contribution is 6.06. The van der Waals surface area contributed by atoms with Crippen LogP contribution in [-0.2, 0) is 17.4 Å². The molecular weight excluding hydrogens is 395 g/mol. The van der Waals surface area contributed by atoms with E-state index in [-0.39, 0.29) is 18.6 Å². The van der Waals surface area contributed by atoms with Crippen LogP contribution < -0.4 is 5.32 Å². The van der Waals surface area contributed by atoms with Crippen LogP contribution in [0.25, 0.3) is 10.8 Å². The Bertz CT molecular complexity index is 1110. The highest BCUT2D eigenvalue weighted by Gasteiger charge is 2.31. The molecule has 154 valence electrons. The van der Waals surface area contributed by atoms with Crippen LogP contribution >= 0.6 is 0 Å². The van der Waals surface area contributed by atoms with Crippen LogP contribution in [0, 0.1) is 0 Å². The van der Waals surface area contributed by atoms with Crippen LogP contribution in [-0.4, -0.2) is 29.3 Å². The van der Waals surface area contributed by atoms with E-state index in [0.29, 0.717) is 29.8 Å². The smallest absolute Gasteiger partial charge is 0.392 e. The molecule has 2 aromatic carbocycles. The minimum atomic E-state index is -4.38. The first-order chi connectivity index (χ1) is 14.4. The second-order valence-corrected chi connectivity index (χ2v) is 7.05. The fourth-order valence-electron chi connectivity index (χ4n) is 3.40. The van der Waals surface area contributed by atoms with Gasteiger partial charge in [-0.1, -0.05) is 47.6 Å². The van der Waals surface area contributed by atoms with Crippen molar-refractivity contribution in [3.05, 3.63) is 77.6 Å². The van der Waals surface area contributed by atoms with Crippen molar-refractivity contribution in [3.63, 3.8) is 0 Å². The van der Waals surface area contributed by atoms with E-state index in [2.05, 4.69) is 15.5 Å². The number of fused-ring (bicyclic) bond motifs is 1. The first kappa shape index (κ1) is 19.9. The minimum Gasteiger partial charge on any atom is -0.392 e. The number of alkyl halides is 3. The molecule has 1 N–H and O–H groups in total. The van der Waals surface area contributed by atoms with Crippen molar-refractivity contribution in [3.8, 4) is 0 Å². The highest BCUT2D eigenvalue weighted by Crippen LogP contribution is 2.30. The Labute approximate surface area is 170 Å². The summed E-state index contributed by atoms with van der Waals surface area (Å²) in [5, 5.41) is 8.43. The molecule has 4 rings (SSSR count). The molecule has 5 nitrogen and oxygen atoms in total. The Balaban J connectivity index is 1.34. The molecule has 1 atom stereocenters. The molecule has 1 aliphatic heterocycles. The molecule has 0 spiro atoms. The summed E-state index contributed by atoms with van der Waals surface area (Å²) in [6.07, 6.45) is -2.43. The van der Waals surface area contributed by atoms with Gasteiger partial charge >= 0.3 is 6.18 Å². The minimum absolute atomic E-state index is 0.183. The van der Waals surface area contributed by atoms with Gasteiger partial charge in [-0.3, -0.25) is 9.78 Å². The third-order valence-electron chi connectivity index (χ3n) is 4.85. The lowest BCUT2D eigenvalue weighted by molar-refractivity contribution is -0.137. The van der Waals surface area contributed by atoms with Gasteiger partial charge in [-0.05, 0) is 23.1 Å². The van der Waals surface area contributed by atoms with Crippen molar-refractivity contribution in [1.29, 1.82) is 0 Å². The third kappa shape index (κ3) is 4.42. The monoisotopic (exact) mass is 413 g/mol. The molecule has 0 fully saturated rings. The van der Waals surface area contributed by atoms with Crippen LogP contribution in [0.3, 0.4) is 0 Å². The quantitative estimate of drug-likeness (QED) is 0.676. The summed E-state index contributed by atoms with van der Waals surface area (Å²) in [5.41, 5.74) is 0.790. The van der Waals surface area contributed by atoms with Crippen molar-refractivity contribution in [2.24, 2.45) is 5.16 Å². The van der Waals surface area contributed by atoms with Gasteiger partial charge in [0.1, 0.15) is 11.8 Å². The molecule has 1 aliphatic rings. The maximum atomic E-state index is 12.9. The summed E-state index contributed by atoms with van der Waals surface area (Å²) in [5.74, 6) is -0.323. The molecule has 0 saturated heterocycles. The van der Waals surface area contributed by atoms with Crippen LogP contribution in [0.5, 0.6) is 0 Å². The number of carbonyl (C=O) groups is 1. The molecule has 0 radical (unpaired) electrons. The Morgan fingerprint density at radius 2 is 1.97 bits per heavy atom. The Hall–Kier alpha value is -3.42. The van der Waals surface area contributed by atoms with E-state index in [0.717, 1.165) is 22.9 Å². The zero-order chi connectivity index (χ0) is 21.1. The highest BCUT2D eigenvalue weighted by atomic mass is 19.4. The van der Waals surface area contributed by atoms with Gasteiger partial charge in [0, 0.05) is 24.4 Å². The van der Waals surface area contributed by atoms with Crippen molar-refractivity contribution >= 4 is 22.4 Å². The molecule has 0 aliphatic carbocycles. The number of rotatable bonds is 5. The summed E-state index contributed by atoms with van der Waals surface area (Å²) in [6, 6.07) is 14.5. The Kier molecular flexibility index (Phi) is 5.39. The van der Waals surface area contributed by atoms with E-state index in [1.807, 2.05) is 30.3 Å². The van der Waals surface area contributed by atoms with Gasteiger partial charge in [0.15, 0.2) is 0 Å². The lowest BCUT2D eigenvalue weighted by Gasteiger charge is -2.11. The number of benzene rings is 2. The van der Waals surface area contributed by atoms with Gasteiger partial charge in [0.25, 0.3) is 5.91 Å². The largest absolute Gasteiger partial charge is 0.416 e. The molecule has 3 aromatic rings. The number of nitrogens with one attached hydrogen (secondary N) is 1. The number of amides is 1. The summed E-state index contributed by atoms with van der Waals surface area (Å²) >= 11 is 0. The average molecular weight is 413 g/mol. The predicted octanol–water partition coefficient (Wildman–Crippen LogP) is 4.37. The number of nitrogens with zero attached hydrogens (tertiary/aromatic N) is 2. The molecule has 1 aromatic heterocycles. The van der Waals surface area contributed by atoms with E-state index in [4.69, 9.17) is 4.84 Å². The van der Waals surface area contributed by atoms with E-state index >= 15 is 0 Å². The normalized spacial score (nSPS) is 16.2. The number of halogens is 3. The second-order valence-electron chi connectivity index (χ2n) is 7.05. The number of oxime groups is 1. The number of carbonyl (C=O) groups excluding carboxylic acids is 1.